The molecule has 3 unspecified atom stereocenters. The van der Waals surface area contributed by atoms with Crippen LogP contribution in [0.25, 0.3) is 10.8 Å². The number of aliphatic hydroxyl groups is 1. The zero-order valence-electron chi connectivity index (χ0n) is 12.7. The summed E-state index contributed by atoms with van der Waals surface area (Å²) in [5.41, 5.74) is 0.668. The Bertz CT molecular complexity index is 626. The number of benzene rings is 1. The van der Waals surface area contributed by atoms with Crippen LogP contribution in [0.4, 0.5) is 0 Å². The second kappa shape index (κ2) is 6.02. The normalized spacial score (nSPS) is 26.0. The zero-order chi connectivity index (χ0) is 14.8. The van der Waals surface area contributed by atoms with Crippen molar-refractivity contribution in [1.29, 1.82) is 0 Å². The Morgan fingerprint density at radius 1 is 1.19 bits per heavy atom. The van der Waals surface area contributed by atoms with Crippen molar-refractivity contribution in [2.24, 2.45) is 11.8 Å². The molecule has 1 N–H and O–H groups in total. The summed E-state index contributed by atoms with van der Waals surface area (Å²) < 4.78 is 6.21. The van der Waals surface area contributed by atoms with Gasteiger partial charge in [0.25, 0.3) is 0 Å². The van der Waals surface area contributed by atoms with Gasteiger partial charge in [-0.15, -0.1) is 0 Å². The van der Waals surface area contributed by atoms with Crippen LogP contribution in [-0.4, -0.2) is 16.2 Å². The molecule has 1 aromatic heterocycles. The van der Waals surface area contributed by atoms with E-state index >= 15 is 0 Å². The Morgan fingerprint density at radius 3 is 2.76 bits per heavy atom. The highest BCUT2D eigenvalue weighted by atomic mass is 16.5. The van der Waals surface area contributed by atoms with Crippen molar-refractivity contribution in [2.75, 3.05) is 0 Å². The van der Waals surface area contributed by atoms with Crippen LogP contribution in [0.3, 0.4) is 0 Å². The number of ether oxygens (including phenoxy) is 1. The number of rotatable bonds is 3. The summed E-state index contributed by atoms with van der Waals surface area (Å²) in [6.07, 6.45) is 3.62. The number of nitrogens with zero attached hydrogens (tertiary/aromatic N) is 1. The monoisotopic (exact) mass is 285 g/mol. The fraction of sp³-hybridized carbons (Fsp3) is 0.500. The molecule has 3 nitrogen and oxygen atoms in total. The van der Waals surface area contributed by atoms with Crippen LogP contribution in [0.2, 0.25) is 0 Å². The lowest BCUT2D eigenvalue weighted by Gasteiger charge is -2.32. The number of aliphatic hydroxyl groups excluding tert-OH is 1. The van der Waals surface area contributed by atoms with Crippen molar-refractivity contribution < 1.29 is 9.84 Å². The van der Waals surface area contributed by atoms with Gasteiger partial charge in [-0.1, -0.05) is 32.0 Å². The van der Waals surface area contributed by atoms with Crippen LogP contribution < -0.4 is 4.74 Å². The molecule has 21 heavy (non-hydrogen) atoms. The van der Waals surface area contributed by atoms with E-state index in [1.807, 2.05) is 30.3 Å². The highest BCUT2D eigenvalue weighted by molar-refractivity contribution is 5.87. The van der Waals surface area contributed by atoms with Gasteiger partial charge >= 0.3 is 0 Å². The minimum absolute atomic E-state index is 0.0563. The van der Waals surface area contributed by atoms with Crippen LogP contribution >= 0.6 is 0 Å². The van der Waals surface area contributed by atoms with Crippen LogP contribution in [0.15, 0.2) is 30.3 Å². The molecule has 1 heterocycles. The van der Waals surface area contributed by atoms with E-state index in [2.05, 4.69) is 18.8 Å². The summed E-state index contributed by atoms with van der Waals surface area (Å²) in [7, 11) is 0. The van der Waals surface area contributed by atoms with Gasteiger partial charge in [0.2, 0.25) is 5.88 Å². The molecule has 0 spiro atoms. The number of pyridine rings is 1. The third-order valence-corrected chi connectivity index (χ3v) is 4.75. The van der Waals surface area contributed by atoms with Crippen molar-refractivity contribution in [3.05, 3.63) is 36.0 Å². The Morgan fingerprint density at radius 2 is 2.00 bits per heavy atom. The predicted molar refractivity (Wildman–Crippen MR) is 84.3 cm³/mol. The Kier molecular flexibility index (Phi) is 4.11. The minimum atomic E-state index is -0.0563. The predicted octanol–water partition coefficient (Wildman–Crippen LogP) is 3.93. The van der Waals surface area contributed by atoms with Gasteiger partial charge in [-0.2, -0.15) is 0 Å². The average Bonchev–Trinajstić information content (AvgIpc) is 2.51. The summed E-state index contributed by atoms with van der Waals surface area (Å²) in [5.74, 6) is 2.14. The number of hydrogen-bond donors (Lipinski definition) is 1. The van der Waals surface area contributed by atoms with Crippen molar-refractivity contribution in [2.45, 2.75) is 45.8 Å². The summed E-state index contributed by atoms with van der Waals surface area (Å²) in [6, 6.07) is 9.99. The summed E-state index contributed by atoms with van der Waals surface area (Å²) >= 11 is 0. The molecule has 0 amide bonds. The topological polar surface area (TPSA) is 42.4 Å². The first-order valence-electron chi connectivity index (χ1n) is 7.83. The first kappa shape index (κ1) is 14.3. The van der Waals surface area contributed by atoms with Crippen LogP contribution in [0.1, 0.15) is 38.8 Å². The lowest BCUT2D eigenvalue weighted by Crippen LogP contribution is -2.29. The Labute approximate surface area is 126 Å². The molecule has 3 atom stereocenters. The lowest BCUT2D eigenvalue weighted by atomic mass is 9.80. The third-order valence-electron chi connectivity index (χ3n) is 4.75. The molecule has 0 saturated heterocycles. The molecule has 0 aliphatic heterocycles. The van der Waals surface area contributed by atoms with Crippen LogP contribution in [0.5, 0.6) is 5.88 Å². The van der Waals surface area contributed by atoms with Gasteiger partial charge in [0.15, 0.2) is 0 Å². The Balaban J connectivity index is 1.89. The molecule has 0 radical (unpaired) electrons. The van der Waals surface area contributed by atoms with E-state index in [1.165, 1.54) is 6.42 Å². The van der Waals surface area contributed by atoms with Crippen molar-refractivity contribution in [3.63, 3.8) is 0 Å². The maximum Gasteiger partial charge on any atom is 0.221 e. The maximum absolute atomic E-state index is 9.39. The van der Waals surface area contributed by atoms with Crippen molar-refractivity contribution in [1.82, 2.24) is 4.98 Å². The fourth-order valence-electron chi connectivity index (χ4n) is 3.15. The van der Waals surface area contributed by atoms with E-state index < -0.39 is 0 Å². The largest absolute Gasteiger partial charge is 0.474 e. The quantitative estimate of drug-likeness (QED) is 0.929. The summed E-state index contributed by atoms with van der Waals surface area (Å²) in [5, 5.41) is 11.5. The van der Waals surface area contributed by atoms with E-state index in [0.717, 1.165) is 29.5 Å². The highest BCUT2D eigenvalue weighted by Crippen LogP contribution is 2.33. The van der Waals surface area contributed by atoms with Gasteiger partial charge in [-0.05, 0) is 48.6 Å². The fourth-order valence-corrected chi connectivity index (χ4v) is 3.15. The smallest absolute Gasteiger partial charge is 0.221 e. The highest BCUT2D eigenvalue weighted by Gasteiger charge is 2.26. The van der Waals surface area contributed by atoms with E-state index in [1.54, 1.807) is 0 Å². The van der Waals surface area contributed by atoms with Crippen LogP contribution in [-0.2, 0) is 6.61 Å². The minimum Gasteiger partial charge on any atom is -0.474 e. The third kappa shape index (κ3) is 3.03. The van der Waals surface area contributed by atoms with Gasteiger partial charge in [0, 0.05) is 5.39 Å². The number of hydrogen-bond acceptors (Lipinski definition) is 3. The second-order valence-electron chi connectivity index (χ2n) is 6.31. The molecule has 1 fully saturated rings. The lowest BCUT2D eigenvalue weighted by molar-refractivity contribution is 0.0974. The van der Waals surface area contributed by atoms with Gasteiger partial charge in [-0.25, -0.2) is 4.98 Å². The molecule has 2 aromatic rings. The van der Waals surface area contributed by atoms with Gasteiger partial charge in [0.1, 0.15) is 6.10 Å². The van der Waals surface area contributed by atoms with E-state index in [0.29, 0.717) is 17.5 Å². The SMILES string of the molecule is CC1CCC(Oc2nc(CO)cc3ccccc23)CC1C. The van der Waals surface area contributed by atoms with E-state index in [-0.39, 0.29) is 12.7 Å². The van der Waals surface area contributed by atoms with Gasteiger partial charge < -0.3 is 9.84 Å². The van der Waals surface area contributed by atoms with Gasteiger partial charge in [0.05, 0.1) is 12.3 Å². The van der Waals surface area contributed by atoms with E-state index in [9.17, 15) is 5.11 Å². The molecule has 1 aliphatic rings. The zero-order valence-corrected chi connectivity index (χ0v) is 12.7. The second-order valence-corrected chi connectivity index (χ2v) is 6.31. The van der Waals surface area contributed by atoms with Crippen molar-refractivity contribution >= 4 is 10.8 Å². The number of fused-ring (bicyclic) bond motifs is 1. The molecular weight excluding hydrogens is 262 g/mol. The van der Waals surface area contributed by atoms with Crippen molar-refractivity contribution in [3.8, 4) is 5.88 Å². The molecule has 3 heteroatoms. The molecule has 1 aromatic carbocycles. The molecule has 0 bridgehead atoms. The summed E-state index contributed by atoms with van der Waals surface area (Å²) in [4.78, 5) is 4.49. The first-order chi connectivity index (χ1) is 10.2. The molecular formula is C18H23NO2. The Hall–Kier alpha value is -1.61. The van der Waals surface area contributed by atoms with E-state index in [4.69, 9.17) is 4.74 Å². The number of aromatic nitrogens is 1. The van der Waals surface area contributed by atoms with Gasteiger partial charge in [-0.3, -0.25) is 0 Å². The molecule has 1 saturated carbocycles. The molecule has 1 aliphatic carbocycles. The molecule has 112 valence electrons. The maximum atomic E-state index is 9.39. The van der Waals surface area contributed by atoms with Crippen LogP contribution in [0, 0.1) is 11.8 Å². The summed E-state index contributed by atoms with van der Waals surface area (Å²) in [6.45, 7) is 4.57. The average molecular weight is 285 g/mol. The first-order valence-corrected chi connectivity index (χ1v) is 7.83. The standard InChI is InChI=1S/C18H23NO2/c1-12-7-8-16(9-13(12)2)21-18-17-6-4-3-5-14(17)10-15(11-20)19-18/h3-6,10,12-13,16,20H,7-9,11H2,1-2H3. The molecule has 3 rings (SSSR count).